The van der Waals surface area contributed by atoms with Crippen LogP contribution in [0.4, 0.5) is 0 Å². The highest BCUT2D eigenvalue weighted by Crippen LogP contribution is 2.45. The summed E-state index contributed by atoms with van der Waals surface area (Å²) < 4.78 is 19.3. The van der Waals surface area contributed by atoms with Crippen molar-refractivity contribution >= 4 is 130 Å². The van der Waals surface area contributed by atoms with Crippen molar-refractivity contribution in [3.63, 3.8) is 0 Å². The van der Waals surface area contributed by atoms with E-state index in [-0.39, 0.29) is 0 Å². The lowest BCUT2D eigenvalue weighted by Crippen LogP contribution is -2.00. The molecule has 0 bridgehead atoms. The summed E-state index contributed by atoms with van der Waals surface area (Å²) in [5.41, 5.74) is 22.2. The van der Waals surface area contributed by atoms with Crippen molar-refractivity contribution in [2.24, 2.45) is 0 Å². The van der Waals surface area contributed by atoms with Gasteiger partial charge in [-0.15, -0.1) is 0 Å². The van der Waals surface area contributed by atoms with Crippen LogP contribution < -0.4 is 0 Å². The summed E-state index contributed by atoms with van der Waals surface area (Å²) in [6.45, 7) is 0. The lowest BCUT2D eigenvalue weighted by Gasteiger charge is -2.12. The summed E-state index contributed by atoms with van der Waals surface area (Å²) in [6.07, 6.45) is 0. The third kappa shape index (κ3) is 13.9. The van der Waals surface area contributed by atoms with Crippen molar-refractivity contribution < 1.29 is 13.3 Å². The molecule has 0 aliphatic heterocycles. The van der Waals surface area contributed by atoms with Crippen molar-refractivity contribution in [1.82, 2.24) is 29.9 Å². The fraction of sp³-hybridized carbons (Fsp3) is 0. The first-order valence-corrected chi connectivity index (χ1v) is 43.4. The summed E-state index contributed by atoms with van der Waals surface area (Å²) in [6, 6.07) is 157. The Morgan fingerprint density at radius 1 is 0.116 bits per heavy atom. The van der Waals surface area contributed by atoms with Gasteiger partial charge in [-0.3, -0.25) is 0 Å². The monoisotopic (exact) mass is 1650 g/mol. The number of hydrogen-bond donors (Lipinski definition) is 0. The Morgan fingerprint density at radius 2 is 0.310 bits per heavy atom. The second-order valence-electron chi connectivity index (χ2n) is 32.6. The van der Waals surface area contributed by atoms with Gasteiger partial charge in [-0.25, -0.2) is 29.9 Å². The Hall–Kier alpha value is -17.4. The Morgan fingerprint density at radius 3 is 0.620 bits per heavy atom. The molecule has 5 aromatic heterocycles. The molecule has 9 heteroatoms. The second kappa shape index (κ2) is 32.0. The predicted molar refractivity (Wildman–Crippen MR) is 533 cm³/mol. The molecule has 0 aliphatic carbocycles. The maximum atomic E-state index is 6.60. The van der Waals surface area contributed by atoms with E-state index in [4.69, 9.17) is 43.2 Å². The normalized spacial score (nSPS) is 11.6. The van der Waals surface area contributed by atoms with Crippen LogP contribution in [0.2, 0.25) is 0 Å². The van der Waals surface area contributed by atoms with Gasteiger partial charge >= 0.3 is 0 Å². The largest absolute Gasteiger partial charge is 0.456 e. The molecule has 0 saturated carbocycles. The average Bonchev–Trinajstić information content (AvgIpc) is 1.58. The Kier molecular flexibility index (Phi) is 18.7. The van der Waals surface area contributed by atoms with Crippen LogP contribution >= 0.6 is 0 Å². The third-order valence-electron chi connectivity index (χ3n) is 24.9. The average molecular weight is 1650 g/mol. The lowest BCUT2D eigenvalue weighted by molar-refractivity contribution is 0.669. The van der Waals surface area contributed by atoms with E-state index in [1.807, 2.05) is 146 Å². The Balaban J connectivity index is 0.000000109. The van der Waals surface area contributed by atoms with E-state index in [0.29, 0.717) is 34.9 Å². The van der Waals surface area contributed by atoms with Gasteiger partial charge < -0.3 is 13.3 Å². The minimum absolute atomic E-state index is 0.575. The van der Waals surface area contributed by atoms with Gasteiger partial charge in [0.15, 0.2) is 34.9 Å². The molecule has 26 aromatic rings. The number of fused-ring (bicyclic) bond motifs is 21. The van der Waals surface area contributed by atoms with Crippen molar-refractivity contribution in [2.75, 3.05) is 0 Å². The van der Waals surface area contributed by atoms with E-state index in [1.165, 1.54) is 98.0 Å². The molecule has 129 heavy (non-hydrogen) atoms. The standard InChI is InChI=1S/C45H27N3O.C39H25N3O.C36H22O/c1-3-12-28(13-4-1)43-46-44(29-14-5-2-6-15-29)48-45(47-43)38-21-11-20-37-40-27-31(23-25-41(40)49-42(37)38)30-22-24-36-34-18-8-7-16-32(34)33-17-9-10-19-35(33)39(36)26-30;1-4-11-26(12-5-1)27-19-21-28(22-20-27)31-23-24-35-34(25-31)32-17-10-18-33(36(32)43-35)39-41-37(29-13-6-2-7-14-29)40-38(42-39)30-15-8-3-9-16-30;1-2-8-23(9-3-1)24-15-18-35-33(21-24)34-22-26(16-19-36(34)37-35)25-14-17-31-29-12-5-4-10-27(29)28-11-6-7-13-30(28)32(31)20-25/h1-27H;1-25H;1-22H. The molecule has 0 saturated heterocycles. The third-order valence-corrected chi connectivity index (χ3v) is 24.9. The molecular weight excluding hydrogens is 1570 g/mol. The number of rotatable bonds is 11. The first-order valence-electron chi connectivity index (χ1n) is 43.4. The second-order valence-corrected chi connectivity index (χ2v) is 32.6. The minimum Gasteiger partial charge on any atom is -0.456 e. The van der Waals surface area contributed by atoms with Crippen LogP contribution in [0.3, 0.4) is 0 Å². The van der Waals surface area contributed by atoms with Crippen molar-refractivity contribution in [1.29, 1.82) is 0 Å². The fourth-order valence-corrected chi connectivity index (χ4v) is 18.6. The van der Waals surface area contributed by atoms with Gasteiger partial charge in [0.25, 0.3) is 0 Å². The summed E-state index contributed by atoms with van der Waals surface area (Å²) >= 11 is 0. The van der Waals surface area contributed by atoms with E-state index in [1.54, 1.807) is 0 Å². The fourth-order valence-electron chi connectivity index (χ4n) is 18.6. The van der Waals surface area contributed by atoms with Crippen LogP contribution in [0.1, 0.15) is 0 Å². The Labute approximate surface area is 741 Å². The van der Waals surface area contributed by atoms with Crippen LogP contribution in [0, 0.1) is 0 Å². The van der Waals surface area contributed by atoms with E-state index in [2.05, 4.69) is 303 Å². The molecule has 0 spiro atoms. The molecule has 26 rings (SSSR count). The predicted octanol–water partition coefficient (Wildman–Crippen LogP) is 32.4. The van der Waals surface area contributed by atoms with Crippen LogP contribution in [-0.4, -0.2) is 29.9 Å². The van der Waals surface area contributed by atoms with E-state index in [0.717, 1.165) is 121 Å². The van der Waals surface area contributed by atoms with Gasteiger partial charge in [-0.2, -0.15) is 0 Å². The van der Waals surface area contributed by atoms with E-state index >= 15 is 0 Å². The topological polar surface area (TPSA) is 117 Å². The van der Waals surface area contributed by atoms with Crippen molar-refractivity contribution in [2.45, 2.75) is 0 Å². The zero-order valence-electron chi connectivity index (χ0n) is 69.6. The van der Waals surface area contributed by atoms with Gasteiger partial charge in [0, 0.05) is 54.6 Å². The summed E-state index contributed by atoms with van der Waals surface area (Å²) in [7, 11) is 0. The highest BCUT2D eigenvalue weighted by molar-refractivity contribution is 6.27. The molecule has 602 valence electrons. The molecule has 21 aromatic carbocycles. The molecule has 0 aliphatic rings. The zero-order chi connectivity index (χ0) is 85.2. The molecule has 9 nitrogen and oxygen atoms in total. The SMILES string of the molecule is c1ccc(-c2ccc(-c3ccc4oc5c(-c6nc(-c7ccccc7)nc(-c7ccccc7)n6)cccc5c4c3)cc2)cc1.c1ccc(-c2ccc3oc4ccc(-c5ccc6c7ccccc7c7ccccc7c6c5)cc4c3c2)cc1.c1ccc(-c2nc(-c3ccccc3)nc(-c3cccc4c3oc3ccc(-c5ccc6c7ccccc7c7ccccc7c6c5)cc34)n2)cc1. The molecule has 0 atom stereocenters. The zero-order valence-corrected chi connectivity index (χ0v) is 69.6. The number of furan rings is 3. The first kappa shape index (κ1) is 75.4. The van der Waals surface area contributed by atoms with Crippen LogP contribution in [-0.2, 0) is 0 Å². The van der Waals surface area contributed by atoms with Gasteiger partial charge in [0.2, 0.25) is 0 Å². The quantitative estimate of drug-likeness (QED) is 0.117. The number of nitrogens with zero attached hydrogens (tertiary/aromatic N) is 6. The molecule has 0 N–H and O–H groups in total. The van der Waals surface area contributed by atoms with Crippen LogP contribution in [0.5, 0.6) is 0 Å². The smallest absolute Gasteiger partial charge is 0.167 e. The Bertz CT molecular complexity index is 8660. The summed E-state index contributed by atoms with van der Waals surface area (Å²) in [5, 5.41) is 21.8. The maximum absolute atomic E-state index is 6.60. The number of para-hydroxylation sites is 2. The number of aromatic nitrogens is 6. The van der Waals surface area contributed by atoms with Gasteiger partial charge in [-0.1, -0.05) is 376 Å². The number of hydrogen-bond acceptors (Lipinski definition) is 9. The van der Waals surface area contributed by atoms with Crippen molar-refractivity contribution in [3.8, 4) is 124 Å². The van der Waals surface area contributed by atoms with Crippen molar-refractivity contribution in [3.05, 3.63) is 449 Å². The maximum Gasteiger partial charge on any atom is 0.167 e. The number of benzene rings is 21. The molecule has 5 heterocycles. The van der Waals surface area contributed by atoms with Crippen LogP contribution in [0.15, 0.2) is 462 Å². The molecular formula is C120H74N6O3. The van der Waals surface area contributed by atoms with E-state index < -0.39 is 0 Å². The highest BCUT2D eigenvalue weighted by atomic mass is 16.3. The van der Waals surface area contributed by atoms with Crippen LogP contribution in [0.25, 0.3) is 254 Å². The first-order chi connectivity index (χ1) is 63.9. The molecule has 0 amide bonds. The van der Waals surface area contributed by atoms with E-state index in [9.17, 15) is 0 Å². The lowest BCUT2D eigenvalue weighted by atomic mass is 9.92. The highest BCUT2D eigenvalue weighted by Gasteiger charge is 2.23. The van der Waals surface area contributed by atoms with Gasteiger partial charge in [-0.05, 0) is 193 Å². The summed E-state index contributed by atoms with van der Waals surface area (Å²) in [4.78, 5) is 29.5. The summed E-state index contributed by atoms with van der Waals surface area (Å²) in [5.74, 6) is 3.64. The molecule has 0 radical (unpaired) electrons. The molecule has 0 unspecified atom stereocenters. The minimum atomic E-state index is 0.575. The van der Waals surface area contributed by atoms with Gasteiger partial charge in [0.1, 0.15) is 33.5 Å². The molecule has 0 fully saturated rings. The van der Waals surface area contributed by atoms with Gasteiger partial charge in [0.05, 0.1) is 11.1 Å².